The maximum atomic E-state index is 12.3. The number of nitrogens with one attached hydrogen (secondary N) is 1. The molecule has 0 spiro atoms. The molecule has 1 rings (SSSR count). The lowest BCUT2D eigenvalue weighted by atomic mass is 10.3. The largest absolute Gasteiger partial charge is 0.392 e. The van der Waals surface area contributed by atoms with Gasteiger partial charge in [0.15, 0.2) is 5.03 Å². The smallest absolute Gasteiger partial charge is 0.260 e. The van der Waals surface area contributed by atoms with Crippen molar-refractivity contribution in [1.29, 1.82) is 0 Å². The predicted octanol–water partition coefficient (Wildman–Crippen LogP) is 0.664. The average molecular weight is 293 g/mol. The second kappa shape index (κ2) is 6.55. The fourth-order valence-electron chi connectivity index (χ4n) is 1.49. The summed E-state index contributed by atoms with van der Waals surface area (Å²) in [5.41, 5.74) is 0.291. The van der Waals surface area contributed by atoms with E-state index in [4.69, 9.17) is 5.11 Å². The van der Waals surface area contributed by atoms with E-state index < -0.39 is 10.0 Å². The summed E-state index contributed by atoms with van der Waals surface area (Å²) in [6.45, 7) is 1.51. The van der Waals surface area contributed by atoms with E-state index >= 15 is 0 Å². The Hall–Kier alpha value is -0.570. The fraction of sp³-hybridized carbons (Fsp3) is 0.700. The molecule has 0 radical (unpaired) electrons. The summed E-state index contributed by atoms with van der Waals surface area (Å²) in [5.74, 6) is 0.900. The van der Waals surface area contributed by atoms with Crippen LogP contribution in [0.4, 0.5) is 0 Å². The lowest BCUT2D eigenvalue weighted by Crippen LogP contribution is -2.36. The van der Waals surface area contributed by atoms with Gasteiger partial charge >= 0.3 is 0 Å². The summed E-state index contributed by atoms with van der Waals surface area (Å²) >= 11 is 1.68. The van der Waals surface area contributed by atoms with Crippen LogP contribution in [0.3, 0.4) is 0 Å². The van der Waals surface area contributed by atoms with E-state index in [1.807, 2.05) is 13.2 Å². The Morgan fingerprint density at radius 2 is 2.28 bits per heavy atom. The highest BCUT2D eigenvalue weighted by molar-refractivity contribution is 7.98. The lowest BCUT2D eigenvalue weighted by molar-refractivity contribution is 0.277. The minimum Gasteiger partial charge on any atom is -0.392 e. The van der Waals surface area contributed by atoms with Crippen LogP contribution in [0.1, 0.15) is 18.9 Å². The van der Waals surface area contributed by atoms with Crippen LogP contribution in [0.5, 0.6) is 0 Å². The summed E-state index contributed by atoms with van der Waals surface area (Å²) in [6, 6.07) is -0.0997. The van der Waals surface area contributed by atoms with E-state index in [0.29, 0.717) is 5.56 Å². The molecule has 18 heavy (non-hydrogen) atoms. The van der Waals surface area contributed by atoms with Crippen molar-refractivity contribution in [3.8, 4) is 0 Å². The van der Waals surface area contributed by atoms with Crippen LogP contribution in [0.15, 0.2) is 11.2 Å². The maximum absolute atomic E-state index is 12.3. The van der Waals surface area contributed by atoms with Crippen LogP contribution >= 0.6 is 11.8 Å². The van der Waals surface area contributed by atoms with Gasteiger partial charge in [-0.1, -0.05) is 0 Å². The number of sulfonamides is 1. The number of hydrogen-bond acceptors (Lipinski definition) is 5. The van der Waals surface area contributed by atoms with Crippen molar-refractivity contribution < 1.29 is 13.5 Å². The lowest BCUT2D eigenvalue weighted by Gasteiger charge is -2.23. The van der Waals surface area contributed by atoms with Crippen molar-refractivity contribution in [3.63, 3.8) is 0 Å². The van der Waals surface area contributed by atoms with Crippen LogP contribution in [0.2, 0.25) is 0 Å². The molecule has 0 aliphatic carbocycles. The minimum absolute atomic E-state index is 0.0245. The molecular formula is C10H19N3O3S2. The Balaban J connectivity index is 2.92. The van der Waals surface area contributed by atoms with Crippen LogP contribution in [-0.2, 0) is 16.6 Å². The van der Waals surface area contributed by atoms with Gasteiger partial charge in [0.2, 0.25) is 0 Å². The molecule has 0 saturated heterocycles. The summed E-state index contributed by atoms with van der Waals surface area (Å²) < 4.78 is 25.9. The van der Waals surface area contributed by atoms with Crippen molar-refractivity contribution in [1.82, 2.24) is 14.5 Å². The number of aliphatic hydroxyl groups is 1. The summed E-state index contributed by atoms with van der Waals surface area (Å²) in [7, 11) is -2.08. The zero-order valence-corrected chi connectivity index (χ0v) is 12.4. The van der Waals surface area contributed by atoms with Gasteiger partial charge in [0.05, 0.1) is 12.8 Å². The summed E-state index contributed by atoms with van der Waals surface area (Å²) in [5, 5.41) is 15.2. The SMILES string of the molecule is CSCCC(C)N(C)S(=O)(=O)c1[nH]ncc1CO. The number of H-pyrrole nitrogens is 1. The van der Waals surface area contributed by atoms with E-state index in [0.717, 1.165) is 12.2 Å². The molecule has 1 atom stereocenters. The summed E-state index contributed by atoms with van der Waals surface area (Å²) in [6.07, 6.45) is 4.09. The van der Waals surface area contributed by atoms with Crippen LogP contribution in [0.25, 0.3) is 0 Å². The number of rotatable bonds is 7. The van der Waals surface area contributed by atoms with E-state index in [-0.39, 0.29) is 17.7 Å². The molecule has 8 heteroatoms. The second-order valence-electron chi connectivity index (χ2n) is 4.03. The van der Waals surface area contributed by atoms with Crippen LogP contribution < -0.4 is 0 Å². The predicted molar refractivity (Wildman–Crippen MR) is 71.9 cm³/mol. The number of aromatic amines is 1. The van der Waals surface area contributed by atoms with Gasteiger partial charge in [-0.15, -0.1) is 0 Å². The van der Waals surface area contributed by atoms with Gasteiger partial charge in [-0.05, 0) is 25.4 Å². The number of aliphatic hydroxyl groups excluding tert-OH is 1. The third-order valence-corrected chi connectivity index (χ3v) is 5.48. The van der Waals surface area contributed by atoms with Crippen LogP contribution in [0, 0.1) is 0 Å². The first-order valence-electron chi connectivity index (χ1n) is 5.55. The average Bonchev–Trinajstić information content (AvgIpc) is 2.83. The summed E-state index contributed by atoms with van der Waals surface area (Å²) in [4.78, 5) is 0. The molecule has 2 N–H and O–H groups in total. The molecule has 1 aromatic rings. The van der Waals surface area contributed by atoms with Crippen molar-refractivity contribution in [3.05, 3.63) is 11.8 Å². The number of thioether (sulfide) groups is 1. The highest BCUT2D eigenvalue weighted by Gasteiger charge is 2.28. The van der Waals surface area contributed by atoms with Gasteiger partial charge in [-0.2, -0.15) is 21.2 Å². The molecular weight excluding hydrogens is 274 g/mol. The topological polar surface area (TPSA) is 86.3 Å². The van der Waals surface area contributed by atoms with Crippen LogP contribution in [-0.4, -0.2) is 53.1 Å². The maximum Gasteiger partial charge on any atom is 0.260 e. The highest BCUT2D eigenvalue weighted by atomic mass is 32.2. The normalized spacial score (nSPS) is 14.1. The van der Waals surface area contributed by atoms with Crippen molar-refractivity contribution >= 4 is 21.8 Å². The standard InChI is InChI=1S/C10H19N3O3S2/c1-8(4-5-17-3)13(2)18(15,16)10-9(7-14)6-11-12-10/h6,8,14H,4-5,7H2,1-3H3,(H,11,12). The Bertz CT molecular complexity index is 472. The molecule has 0 aromatic carbocycles. The minimum atomic E-state index is -3.62. The number of hydrogen-bond donors (Lipinski definition) is 2. The number of aromatic nitrogens is 2. The van der Waals surface area contributed by atoms with E-state index in [9.17, 15) is 8.42 Å². The Kier molecular flexibility index (Phi) is 5.64. The highest BCUT2D eigenvalue weighted by Crippen LogP contribution is 2.19. The van der Waals surface area contributed by atoms with Gasteiger partial charge in [0.25, 0.3) is 10.0 Å². The van der Waals surface area contributed by atoms with Crippen molar-refractivity contribution in [2.24, 2.45) is 0 Å². The Morgan fingerprint density at radius 1 is 1.61 bits per heavy atom. The first-order chi connectivity index (χ1) is 8.45. The molecule has 0 amide bonds. The molecule has 0 bridgehead atoms. The van der Waals surface area contributed by atoms with Gasteiger partial charge in [0, 0.05) is 18.7 Å². The second-order valence-corrected chi connectivity index (χ2v) is 6.95. The first-order valence-corrected chi connectivity index (χ1v) is 8.38. The molecule has 1 aromatic heterocycles. The first kappa shape index (κ1) is 15.5. The molecule has 0 fully saturated rings. The fourth-order valence-corrected chi connectivity index (χ4v) is 3.55. The molecule has 0 saturated carbocycles. The van der Waals surface area contributed by atoms with E-state index in [2.05, 4.69) is 10.2 Å². The Morgan fingerprint density at radius 3 is 2.83 bits per heavy atom. The van der Waals surface area contributed by atoms with Crippen molar-refractivity contribution in [2.75, 3.05) is 19.1 Å². The van der Waals surface area contributed by atoms with E-state index in [1.54, 1.807) is 18.8 Å². The Labute approximate surface area is 112 Å². The van der Waals surface area contributed by atoms with Gasteiger partial charge < -0.3 is 5.11 Å². The number of nitrogens with zero attached hydrogens (tertiary/aromatic N) is 2. The molecule has 6 nitrogen and oxygen atoms in total. The molecule has 1 heterocycles. The third kappa shape index (κ3) is 3.25. The molecule has 0 aliphatic heterocycles. The van der Waals surface area contributed by atoms with Gasteiger partial charge in [0.1, 0.15) is 0 Å². The molecule has 1 unspecified atom stereocenters. The zero-order valence-electron chi connectivity index (χ0n) is 10.8. The molecule has 0 aliphatic rings. The third-order valence-electron chi connectivity index (χ3n) is 2.85. The van der Waals surface area contributed by atoms with E-state index in [1.165, 1.54) is 10.5 Å². The van der Waals surface area contributed by atoms with Gasteiger partial charge in [-0.25, -0.2) is 8.42 Å². The zero-order chi connectivity index (χ0) is 13.8. The monoisotopic (exact) mass is 293 g/mol. The molecule has 104 valence electrons. The quantitative estimate of drug-likeness (QED) is 0.771. The van der Waals surface area contributed by atoms with Crippen molar-refractivity contribution in [2.45, 2.75) is 31.0 Å². The van der Waals surface area contributed by atoms with Gasteiger partial charge in [-0.3, -0.25) is 5.10 Å².